The van der Waals surface area contributed by atoms with Gasteiger partial charge in [0.15, 0.2) is 5.11 Å². The zero-order chi connectivity index (χ0) is 19.6. The van der Waals surface area contributed by atoms with Crippen LogP contribution in [0, 0.1) is 13.8 Å². The van der Waals surface area contributed by atoms with E-state index in [1.807, 2.05) is 48.9 Å². The lowest BCUT2D eigenvalue weighted by molar-refractivity contribution is 0.659. The van der Waals surface area contributed by atoms with Crippen LogP contribution in [0.3, 0.4) is 0 Å². The average Bonchev–Trinajstić information content (AvgIpc) is 2.88. The Labute approximate surface area is 178 Å². The molecule has 0 fully saturated rings. The summed E-state index contributed by atoms with van der Waals surface area (Å²) in [6, 6.07) is 13.1. The van der Waals surface area contributed by atoms with E-state index in [1.165, 1.54) is 0 Å². The first-order valence-corrected chi connectivity index (χ1v) is 9.70. The van der Waals surface area contributed by atoms with Crippen molar-refractivity contribution in [3.63, 3.8) is 0 Å². The standard InChI is InChI=1S/C19H17Cl3N4S/c1-11-18(24-19(27)23-16-5-3-4-15(21)17(16)22)12(2)26(25-11)10-13-6-8-14(20)9-7-13/h3-9H,10H2,1-2H3,(H2,23,24,27). The van der Waals surface area contributed by atoms with E-state index in [9.17, 15) is 0 Å². The van der Waals surface area contributed by atoms with Crippen LogP contribution in [-0.2, 0) is 6.54 Å². The number of hydrogen-bond acceptors (Lipinski definition) is 2. The highest BCUT2D eigenvalue weighted by molar-refractivity contribution is 7.80. The molecule has 8 heteroatoms. The van der Waals surface area contributed by atoms with E-state index in [4.69, 9.17) is 47.0 Å². The third-order valence-electron chi connectivity index (χ3n) is 4.07. The summed E-state index contributed by atoms with van der Waals surface area (Å²) >= 11 is 23.6. The van der Waals surface area contributed by atoms with Gasteiger partial charge in [-0.2, -0.15) is 5.10 Å². The second-order valence-electron chi connectivity index (χ2n) is 6.01. The lowest BCUT2D eigenvalue weighted by Gasteiger charge is -2.13. The molecule has 0 amide bonds. The van der Waals surface area contributed by atoms with Crippen molar-refractivity contribution in [1.82, 2.24) is 9.78 Å². The molecule has 4 nitrogen and oxygen atoms in total. The van der Waals surface area contributed by atoms with E-state index in [-0.39, 0.29) is 0 Å². The van der Waals surface area contributed by atoms with E-state index in [2.05, 4.69) is 15.7 Å². The minimum absolute atomic E-state index is 0.413. The molecule has 0 aliphatic rings. The second kappa shape index (κ2) is 8.48. The Balaban J connectivity index is 1.75. The first kappa shape index (κ1) is 20.0. The zero-order valence-electron chi connectivity index (χ0n) is 14.7. The fourth-order valence-electron chi connectivity index (χ4n) is 2.66. The van der Waals surface area contributed by atoms with E-state index in [1.54, 1.807) is 12.1 Å². The summed E-state index contributed by atoms with van der Waals surface area (Å²) in [4.78, 5) is 0. The number of halogens is 3. The molecule has 1 heterocycles. The van der Waals surface area contributed by atoms with E-state index in [0.29, 0.717) is 32.4 Å². The highest BCUT2D eigenvalue weighted by Crippen LogP contribution is 2.30. The molecule has 0 aliphatic carbocycles. The van der Waals surface area contributed by atoms with Crippen molar-refractivity contribution < 1.29 is 0 Å². The molecule has 0 aliphatic heterocycles. The molecule has 2 N–H and O–H groups in total. The molecule has 0 spiro atoms. The van der Waals surface area contributed by atoms with Crippen molar-refractivity contribution in [1.29, 1.82) is 0 Å². The number of hydrogen-bond donors (Lipinski definition) is 2. The summed E-state index contributed by atoms with van der Waals surface area (Å²) < 4.78 is 1.93. The molecule has 140 valence electrons. The maximum atomic E-state index is 6.20. The van der Waals surface area contributed by atoms with Crippen molar-refractivity contribution in [2.75, 3.05) is 10.6 Å². The number of aromatic nitrogens is 2. The molecule has 1 aromatic heterocycles. The van der Waals surface area contributed by atoms with Gasteiger partial charge in [0.05, 0.1) is 39.4 Å². The molecule has 3 aromatic rings. The third kappa shape index (κ3) is 4.74. The molecule has 0 saturated heterocycles. The number of thiocarbonyl (C=S) groups is 1. The van der Waals surface area contributed by atoms with E-state index < -0.39 is 0 Å². The molecular formula is C19H17Cl3N4S. The van der Waals surface area contributed by atoms with Gasteiger partial charge in [0.25, 0.3) is 0 Å². The molecule has 27 heavy (non-hydrogen) atoms. The van der Waals surface area contributed by atoms with Crippen LogP contribution >= 0.6 is 47.0 Å². The Morgan fingerprint density at radius 2 is 1.74 bits per heavy atom. The molecule has 0 bridgehead atoms. The minimum atomic E-state index is 0.413. The maximum absolute atomic E-state index is 6.20. The highest BCUT2D eigenvalue weighted by atomic mass is 35.5. The summed E-state index contributed by atoms with van der Waals surface area (Å²) in [6.07, 6.45) is 0. The smallest absolute Gasteiger partial charge is 0.175 e. The van der Waals surface area contributed by atoms with Gasteiger partial charge in [0.2, 0.25) is 0 Å². The van der Waals surface area contributed by atoms with Gasteiger partial charge in [-0.05, 0) is 55.9 Å². The predicted molar refractivity (Wildman–Crippen MR) is 119 cm³/mol. The van der Waals surface area contributed by atoms with Gasteiger partial charge >= 0.3 is 0 Å². The van der Waals surface area contributed by atoms with Gasteiger partial charge in [-0.15, -0.1) is 0 Å². The Morgan fingerprint density at radius 3 is 2.44 bits per heavy atom. The lowest BCUT2D eigenvalue weighted by atomic mass is 10.2. The van der Waals surface area contributed by atoms with Crippen molar-refractivity contribution in [2.24, 2.45) is 0 Å². The van der Waals surface area contributed by atoms with Crippen molar-refractivity contribution in [2.45, 2.75) is 20.4 Å². The quantitative estimate of drug-likeness (QED) is 0.467. The molecule has 0 radical (unpaired) electrons. The van der Waals surface area contributed by atoms with Crippen LogP contribution in [0.5, 0.6) is 0 Å². The average molecular weight is 440 g/mol. The van der Waals surface area contributed by atoms with E-state index >= 15 is 0 Å². The van der Waals surface area contributed by atoms with Crippen LogP contribution in [0.4, 0.5) is 11.4 Å². The number of aryl methyl sites for hydroxylation is 1. The van der Waals surface area contributed by atoms with E-state index in [0.717, 1.165) is 22.6 Å². The number of rotatable bonds is 4. The Kier molecular flexibility index (Phi) is 6.27. The van der Waals surface area contributed by atoms with Crippen LogP contribution in [0.2, 0.25) is 15.1 Å². The number of benzene rings is 2. The fourth-order valence-corrected chi connectivity index (χ4v) is 3.35. The molecule has 0 saturated carbocycles. The Hall–Kier alpha value is -1.79. The normalized spacial score (nSPS) is 10.7. The monoisotopic (exact) mass is 438 g/mol. The van der Waals surface area contributed by atoms with Crippen LogP contribution < -0.4 is 10.6 Å². The SMILES string of the molecule is Cc1nn(Cc2ccc(Cl)cc2)c(C)c1NC(=S)Nc1cccc(Cl)c1Cl. The van der Waals surface area contributed by atoms with Crippen LogP contribution in [0.1, 0.15) is 17.0 Å². The van der Waals surface area contributed by atoms with Crippen LogP contribution in [0.25, 0.3) is 0 Å². The Bertz CT molecular complexity index is 983. The topological polar surface area (TPSA) is 41.9 Å². The second-order valence-corrected chi connectivity index (χ2v) is 7.64. The van der Waals surface area contributed by atoms with Gasteiger partial charge in [0, 0.05) is 5.02 Å². The van der Waals surface area contributed by atoms with Gasteiger partial charge in [0.1, 0.15) is 0 Å². The zero-order valence-corrected chi connectivity index (χ0v) is 17.8. The summed E-state index contributed by atoms with van der Waals surface area (Å²) in [5, 5.41) is 12.9. The summed E-state index contributed by atoms with van der Waals surface area (Å²) in [5.41, 5.74) is 4.44. The number of nitrogens with zero attached hydrogens (tertiary/aromatic N) is 2. The van der Waals surface area contributed by atoms with Crippen LogP contribution in [0.15, 0.2) is 42.5 Å². The Morgan fingerprint density at radius 1 is 1.04 bits per heavy atom. The van der Waals surface area contributed by atoms with Gasteiger partial charge < -0.3 is 10.6 Å². The van der Waals surface area contributed by atoms with Crippen molar-refractivity contribution >= 4 is 63.5 Å². The molecular weight excluding hydrogens is 423 g/mol. The minimum Gasteiger partial charge on any atom is -0.331 e. The van der Waals surface area contributed by atoms with Gasteiger partial charge in [-0.1, -0.05) is 53.0 Å². The molecule has 0 unspecified atom stereocenters. The van der Waals surface area contributed by atoms with Crippen molar-refractivity contribution in [3.8, 4) is 0 Å². The molecule has 2 aromatic carbocycles. The largest absolute Gasteiger partial charge is 0.331 e. The highest BCUT2D eigenvalue weighted by Gasteiger charge is 2.14. The van der Waals surface area contributed by atoms with Crippen molar-refractivity contribution in [3.05, 3.63) is 74.5 Å². The summed E-state index contributed by atoms with van der Waals surface area (Å²) in [5.74, 6) is 0. The third-order valence-corrected chi connectivity index (χ3v) is 5.34. The molecule has 0 atom stereocenters. The predicted octanol–water partition coefficient (Wildman–Crippen LogP) is 6.32. The number of nitrogens with one attached hydrogen (secondary N) is 2. The van der Waals surface area contributed by atoms with Gasteiger partial charge in [-0.25, -0.2) is 0 Å². The number of anilines is 2. The summed E-state index contributed by atoms with van der Waals surface area (Å²) in [7, 11) is 0. The van der Waals surface area contributed by atoms with Crippen LogP contribution in [-0.4, -0.2) is 14.9 Å². The maximum Gasteiger partial charge on any atom is 0.175 e. The summed E-state index contributed by atoms with van der Waals surface area (Å²) in [6.45, 7) is 4.57. The fraction of sp³-hybridized carbons (Fsp3) is 0.158. The first-order valence-electron chi connectivity index (χ1n) is 8.15. The first-order chi connectivity index (χ1) is 12.8. The lowest BCUT2D eigenvalue weighted by Crippen LogP contribution is -2.20. The molecule has 3 rings (SSSR count). The van der Waals surface area contributed by atoms with Gasteiger partial charge in [-0.3, -0.25) is 4.68 Å².